The summed E-state index contributed by atoms with van der Waals surface area (Å²) in [5.41, 5.74) is 2.44. The van der Waals surface area contributed by atoms with Gasteiger partial charge in [-0.25, -0.2) is 0 Å². The molecule has 0 unspecified atom stereocenters. The Morgan fingerprint density at radius 1 is 1.22 bits per heavy atom. The van der Waals surface area contributed by atoms with Crippen molar-refractivity contribution in [3.05, 3.63) is 65.9 Å². The zero-order valence-corrected chi connectivity index (χ0v) is 21.7. The number of aromatic nitrogens is 1. The number of methoxy groups -OCH3 is 1. The normalized spacial score (nSPS) is 19.2. The van der Waals surface area contributed by atoms with Crippen LogP contribution >= 0.6 is 11.8 Å². The highest BCUT2D eigenvalue weighted by Crippen LogP contribution is 2.33. The smallest absolute Gasteiger partial charge is 0.119 e. The van der Waals surface area contributed by atoms with Crippen LogP contribution in [-0.2, 0) is 0 Å². The standard InChI is InChI=1S/C29H35N3O3S/c1-35-24-7-8-28-27(17-24)26(10-12-31-28)29(34)9-6-22-11-14-32(19-23(22)20-33)13-3-15-36-25-5-2-4-21(16-25)18-30/h2,4-5,7-8,10,12,16-17,22-23,29,33-34H,3,6,9,11,13-15,19-20H2,1H3/t22-,23-,29+/m1/s1. The molecule has 1 fully saturated rings. The molecule has 36 heavy (non-hydrogen) atoms. The van der Waals surface area contributed by atoms with Gasteiger partial charge in [-0.05, 0) is 104 Å². The highest BCUT2D eigenvalue weighted by Gasteiger charge is 2.29. The van der Waals surface area contributed by atoms with Crippen molar-refractivity contribution >= 4 is 22.7 Å². The number of hydrogen-bond donors (Lipinski definition) is 2. The Labute approximate surface area is 217 Å². The molecule has 0 saturated carbocycles. The molecule has 6 nitrogen and oxygen atoms in total. The van der Waals surface area contributed by atoms with E-state index in [1.165, 1.54) is 0 Å². The van der Waals surface area contributed by atoms with E-state index in [1.807, 2.05) is 42.5 Å². The van der Waals surface area contributed by atoms with E-state index in [0.29, 0.717) is 17.9 Å². The maximum absolute atomic E-state index is 11.0. The van der Waals surface area contributed by atoms with E-state index in [-0.39, 0.29) is 12.5 Å². The van der Waals surface area contributed by atoms with E-state index in [0.717, 1.165) is 71.8 Å². The SMILES string of the molecule is COc1ccc2nccc([C@@H](O)CC[C@@H]3CCN(CCCSc4cccc(C#N)c4)C[C@@H]3CO)c2c1. The zero-order valence-electron chi connectivity index (χ0n) is 20.8. The van der Waals surface area contributed by atoms with Crippen LogP contribution < -0.4 is 4.74 Å². The number of likely N-dealkylation sites (tertiary alicyclic amines) is 1. The summed E-state index contributed by atoms with van der Waals surface area (Å²) in [4.78, 5) is 8.02. The molecule has 0 radical (unpaired) electrons. The highest BCUT2D eigenvalue weighted by atomic mass is 32.2. The average Bonchev–Trinajstić information content (AvgIpc) is 2.93. The van der Waals surface area contributed by atoms with Gasteiger partial charge in [-0.3, -0.25) is 4.98 Å². The van der Waals surface area contributed by atoms with Crippen molar-refractivity contribution in [2.75, 3.05) is 39.1 Å². The van der Waals surface area contributed by atoms with Crippen molar-refractivity contribution < 1.29 is 14.9 Å². The van der Waals surface area contributed by atoms with Crippen molar-refractivity contribution in [1.82, 2.24) is 9.88 Å². The molecule has 3 aromatic rings. The monoisotopic (exact) mass is 505 g/mol. The molecule has 3 atom stereocenters. The second-order valence-electron chi connectivity index (χ2n) is 9.51. The van der Waals surface area contributed by atoms with Gasteiger partial charge in [-0.2, -0.15) is 5.26 Å². The number of benzene rings is 2. The fourth-order valence-corrected chi connectivity index (χ4v) is 6.07. The summed E-state index contributed by atoms with van der Waals surface area (Å²) in [5, 5.41) is 31.1. The van der Waals surface area contributed by atoms with Crippen molar-refractivity contribution in [2.24, 2.45) is 11.8 Å². The quantitative estimate of drug-likeness (QED) is 0.279. The van der Waals surface area contributed by atoms with E-state index >= 15 is 0 Å². The van der Waals surface area contributed by atoms with Gasteiger partial charge < -0.3 is 19.8 Å². The molecule has 0 aliphatic carbocycles. The summed E-state index contributed by atoms with van der Waals surface area (Å²) >= 11 is 1.79. The summed E-state index contributed by atoms with van der Waals surface area (Å²) in [6.45, 7) is 3.13. The lowest BCUT2D eigenvalue weighted by molar-refractivity contribution is 0.0581. The van der Waals surface area contributed by atoms with Gasteiger partial charge in [0.25, 0.3) is 0 Å². The first-order chi connectivity index (χ1) is 17.6. The minimum atomic E-state index is -0.573. The molecule has 190 valence electrons. The van der Waals surface area contributed by atoms with Crippen LogP contribution in [0.1, 0.15) is 42.9 Å². The van der Waals surface area contributed by atoms with Crippen molar-refractivity contribution in [3.8, 4) is 11.8 Å². The number of aliphatic hydroxyl groups is 2. The third-order valence-electron chi connectivity index (χ3n) is 7.21. The van der Waals surface area contributed by atoms with Crippen LogP contribution in [0.15, 0.2) is 59.6 Å². The Bertz CT molecular complexity index is 1180. The fraction of sp³-hybridized carbons (Fsp3) is 0.448. The Hall–Kier alpha value is -2.63. The number of hydrogen-bond acceptors (Lipinski definition) is 7. The van der Waals surface area contributed by atoms with Gasteiger partial charge in [0, 0.05) is 29.6 Å². The van der Waals surface area contributed by atoms with Gasteiger partial charge >= 0.3 is 0 Å². The molecule has 1 aliphatic heterocycles. The van der Waals surface area contributed by atoms with E-state index in [9.17, 15) is 10.2 Å². The van der Waals surface area contributed by atoms with Crippen molar-refractivity contribution in [3.63, 3.8) is 0 Å². The summed E-state index contributed by atoms with van der Waals surface area (Å²) in [6, 6.07) is 17.6. The lowest BCUT2D eigenvalue weighted by atomic mass is 9.81. The second kappa shape index (κ2) is 13.1. The summed E-state index contributed by atoms with van der Waals surface area (Å²) in [6.07, 6.45) is 4.84. The number of nitriles is 1. The molecular weight excluding hydrogens is 470 g/mol. The largest absolute Gasteiger partial charge is 0.497 e. The molecule has 2 heterocycles. The lowest BCUT2D eigenvalue weighted by Crippen LogP contribution is -2.42. The first-order valence-electron chi connectivity index (χ1n) is 12.7. The van der Waals surface area contributed by atoms with Crippen molar-refractivity contribution in [1.29, 1.82) is 5.26 Å². The van der Waals surface area contributed by atoms with Crippen LogP contribution in [-0.4, -0.2) is 59.2 Å². The van der Waals surface area contributed by atoms with Gasteiger partial charge in [0.15, 0.2) is 0 Å². The first-order valence-corrected chi connectivity index (χ1v) is 13.7. The number of ether oxygens (including phenoxy) is 1. The van der Waals surface area contributed by atoms with Crippen LogP contribution in [0.5, 0.6) is 5.75 Å². The minimum Gasteiger partial charge on any atom is -0.497 e. The van der Waals surface area contributed by atoms with Gasteiger partial charge in [-0.15, -0.1) is 11.8 Å². The third kappa shape index (κ3) is 6.77. The molecular formula is C29H35N3O3S. The number of thioether (sulfide) groups is 1. The zero-order chi connectivity index (χ0) is 25.3. The Balaban J connectivity index is 1.25. The molecule has 1 aliphatic rings. The highest BCUT2D eigenvalue weighted by molar-refractivity contribution is 7.99. The van der Waals surface area contributed by atoms with Crippen LogP contribution in [0.25, 0.3) is 10.9 Å². The maximum Gasteiger partial charge on any atom is 0.119 e. The fourth-order valence-electron chi connectivity index (χ4n) is 5.17. The summed E-state index contributed by atoms with van der Waals surface area (Å²) in [5.74, 6) is 2.41. The number of rotatable bonds is 11. The molecule has 1 aromatic heterocycles. The maximum atomic E-state index is 11.0. The third-order valence-corrected chi connectivity index (χ3v) is 8.29. The molecule has 0 spiro atoms. The average molecular weight is 506 g/mol. The number of nitrogens with zero attached hydrogens (tertiary/aromatic N) is 3. The summed E-state index contributed by atoms with van der Waals surface area (Å²) < 4.78 is 5.36. The van der Waals surface area contributed by atoms with E-state index < -0.39 is 6.10 Å². The lowest BCUT2D eigenvalue weighted by Gasteiger charge is -2.38. The predicted molar refractivity (Wildman–Crippen MR) is 144 cm³/mol. The van der Waals surface area contributed by atoms with Crippen LogP contribution in [0.3, 0.4) is 0 Å². The number of piperidine rings is 1. The molecule has 2 N–H and O–H groups in total. The Morgan fingerprint density at radius 3 is 2.92 bits per heavy atom. The van der Waals surface area contributed by atoms with Crippen LogP contribution in [0.2, 0.25) is 0 Å². The van der Waals surface area contributed by atoms with E-state index in [2.05, 4.69) is 22.0 Å². The van der Waals surface area contributed by atoms with E-state index in [4.69, 9.17) is 10.00 Å². The minimum absolute atomic E-state index is 0.183. The molecule has 2 aromatic carbocycles. The molecule has 4 rings (SSSR count). The molecule has 0 bridgehead atoms. The van der Waals surface area contributed by atoms with Gasteiger partial charge in [-0.1, -0.05) is 6.07 Å². The summed E-state index contributed by atoms with van der Waals surface area (Å²) in [7, 11) is 1.64. The number of pyridine rings is 1. The van der Waals surface area contributed by atoms with Crippen LogP contribution in [0.4, 0.5) is 0 Å². The Kier molecular flexibility index (Phi) is 9.60. The molecule has 7 heteroatoms. The number of fused-ring (bicyclic) bond motifs is 1. The predicted octanol–water partition coefficient (Wildman–Crippen LogP) is 5.04. The number of aliphatic hydroxyl groups excluding tert-OH is 2. The topological polar surface area (TPSA) is 89.6 Å². The van der Waals surface area contributed by atoms with Crippen molar-refractivity contribution in [2.45, 2.75) is 36.7 Å². The van der Waals surface area contributed by atoms with Crippen LogP contribution in [0, 0.1) is 23.2 Å². The first kappa shape index (κ1) is 26.4. The van der Waals surface area contributed by atoms with Gasteiger partial charge in [0.05, 0.1) is 30.4 Å². The molecule has 1 saturated heterocycles. The Morgan fingerprint density at radius 2 is 2.11 bits per heavy atom. The second-order valence-corrected chi connectivity index (χ2v) is 10.7. The molecule has 0 amide bonds. The van der Waals surface area contributed by atoms with Gasteiger partial charge in [0.2, 0.25) is 0 Å². The van der Waals surface area contributed by atoms with Gasteiger partial charge in [0.1, 0.15) is 5.75 Å². The van der Waals surface area contributed by atoms with E-state index in [1.54, 1.807) is 25.1 Å².